The largest absolute Gasteiger partial charge is 0.386 e. The van der Waals surface area contributed by atoms with Gasteiger partial charge >= 0.3 is 0 Å². The van der Waals surface area contributed by atoms with Gasteiger partial charge in [-0.25, -0.2) is 0 Å². The van der Waals surface area contributed by atoms with Gasteiger partial charge in [0.05, 0.1) is 25.4 Å². The van der Waals surface area contributed by atoms with Crippen molar-refractivity contribution in [2.75, 3.05) is 53.2 Å². The summed E-state index contributed by atoms with van der Waals surface area (Å²) in [6.45, 7) is 8.23. The molecule has 2 N–H and O–H groups in total. The van der Waals surface area contributed by atoms with Crippen LogP contribution in [0.25, 0.3) is 0 Å². The van der Waals surface area contributed by atoms with Crippen LogP contribution in [0.5, 0.6) is 0 Å². The number of hydrogen-bond donors (Lipinski definition) is 2. The number of ether oxygens (including phenoxy) is 3. The summed E-state index contributed by atoms with van der Waals surface area (Å²) >= 11 is 0. The van der Waals surface area contributed by atoms with Gasteiger partial charge in [-0.2, -0.15) is 0 Å². The molecule has 0 aromatic carbocycles. The van der Waals surface area contributed by atoms with Crippen molar-refractivity contribution in [3.63, 3.8) is 0 Å². The van der Waals surface area contributed by atoms with Gasteiger partial charge in [-0.15, -0.1) is 0 Å². The van der Waals surface area contributed by atoms with Crippen LogP contribution in [0, 0.1) is 0 Å². The van der Waals surface area contributed by atoms with Gasteiger partial charge in [0.1, 0.15) is 0 Å². The number of aliphatic hydroxyl groups is 1. The molecule has 0 amide bonds. The van der Waals surface area contributed by atoms with Crippen molar-refractivity contribution >= 4 is 0 Å². The third-order valence-corrected chi connectivity index (χ3v) is 2.35. The average molecular weight is 263 g/mol. The maximum atomic E-state index is 9.98. The zero-order valence-electron chi connectivity index (χ0n) is 12.0. The van der Waals surface area contributed by atoms with Crippen LogP contribution in [0.4, 0.5) is 0 Å². The smallest absolute Gasteiger partial charge is 0.0975 e. The van der Waals surface area contributed by atoms with Crippen molar-refractivity contribution in [1.29, 1.82) is 0 Å². The number of nitrogens with one attached hydrogen (secondary N) is 1. The van der Waals surface area contributed by atoms with Crippen LogP contribution in [0.3, 0.4) is 0 Å². The topological polar surface area (TPSA) is 60.0 Å². The molecule has 0 bridgehead atoms. The molecule has 0 aliphatic heterocycles. The van der Waals surface area contributed by atoms with Gasteiger partial charge in [-0.1, -0.05) is 6.92 Å². The molecule has 0 saturated heterocycles. The molecule has 0 heterocycles. The Balaban J connectivity index is 3.30. The Labute approximate surface area is 111 Å². The minimum Gasteiger partial charge on any atom is -0.386 e. The Morgan fingerprint density at radius 2 is 1.83 bits per heavy atom. The lowest BCUT2D eigenvalue weighted by Gasteiger charge is -2.23. The monoisotopic (exact) mass is 263 g/mol. The Kier molecular flexibility index (Phi) is 11.7. The van der Waals surface area contributed by atoms with E-state index in [2.05, 4.69) is 12.2 Å². The summed E-state index contributed by atoms with van der Waals surface area (Å²) in [4.78, 5) is 0. The molecule has 1 unspecified atom stereocenters. The third-order valence-electron chi connectivity index (χ3n) is 2.35. The first-order chi connectivity index (χ1) is 8.62. The van der Waals surface area contributed by atoms with Crippen molar-refractivity contribution in [3.05, 3.63) is 0 Å². The molecule has 0 aromatic heterocycles. The summed E-state index contributed by atoms with van der Waals surface area (Å²) in [5.74, 6) is 0. The molecule has 1 atom stereocenters. The fraction of sp³-hybridized carbons (Fsp3) is 1.00. The van der Waals surface area contributed by atoms with E-state index in [0.29, 0.717) is 39.6 Å². The van der Waals surface area contributed by atoms with E-state index < -0.39 is 5.60 Å². The quantitative estimate of drug-likeness (QED) is 0.482. The molecular weight excluding hydrogens is 234 g/mol. The molecule has 5 heteroatoms. The lowest BCUT2D eigenvalue weighted by molar-refractivity contribution is -0.0373. The van der Waals surface area contributed by atoms with E-state index >= 15 is 0 Å². The maximum Gasteiger partial charge on any atom is 0.0975 e. The Hall–Kier alpha value is -0.200. The Morgan fingerprint density at radius 1 is 1.11 bits per heavy atom. The number of rotatable bonds is 13. The highest BCUT2D eigenvalue weighted by Crippen LogP contribution is 2.02. The first-order valence-corrected chi connectivity index (χ1v) is 6.70. The van der Waals surface area contributed by atoms with Crippen molar-refractivity contribution in [3.8, 4) is 0 Å². The first kappa shape index (κ1) is 17.8. The molecule has 18 heavy (non-hydrogen) atoms. The van der Waals surface area contributed by atoms with E-state index in [9.17, 15) is 5.11 Å². The van der Waals surface area contributed by atoms with E-state index in [4.69, 9.17) is 14.2 Å². The van der Waals surface area contributed by atoms with E-state index in [1.165, 1.54) is 0 Å². The minimum atomic E-state index is -0.800. The highest BCUT2D eigenvalue weighted by atomic mass is 16.5. The van der Waals surface area contributed by atoms with Crippen LogP contribution < -0.4 is 5.32 Å². The van der Waals surface area contributed by atoms with Crippen LogP contribution >= 0.6 is 0 Å². The van der Waals surface area contributed by atoms with Crippen LogP contribution in [0.15, 0.2) is 0 Å². The molecule has 0 aromatic rings. The zero-order valence-corrected chi connectivity index (χ0v) is 12.0. The van der Waals surface area contributed by atoms with Crippen molar-refractivity contribution in [1.82, 2.24) is 5.32 Å². The SMILES string of the molecule is CCCNCC(C)(O)COCCCOCCOC. The van der Waals surface area contributed by atoms with E-state index in [1.54, 1.807) is 14.0 Å². The summed E-state index contributed by atoms with van der Waals surface area (Å²) in [5.41, 5.74) is -0.800. The molecule has 0 radical (unpaired) electrons. The fourth-order valence-corrected chi connectivity index (χ4v) is 1.38. The van der Waals surface area contributed by atoms with Crippen molar-refractivity contribution in [2.45, 2.75) is 32.3 Å². The van der Waals surface area contributed by atoms with Crippen LogP contribution in [-0.2, 0) is 14.2 Å². The standard InChI is InChI=1S/C13H29NO4/c1-4-6-14-11-13(2,15)12-18-8-5-7-17-10-9-16-3/h14-15H,4-12H2,1-3H3. The molecule has 5 nitrogen and oxygen atoms in total. The second-order valence-electron chi connectivity index (χ2n) is 4.69. The first-order valence-electron chi connectivity index (χ1n) is 6.70. The molecule has 0 saturated carbocycles. The van der Waals surface area contributed by atoms with Gasteiger partial charge in [-0.3, -0.25) is 0 Å². The van der Waals surface area contributed by atoms with Gasteiger partial charge in [-0.05, 0) is 26.3 Å². The lowest BCUT2D eigenvalue weighted by Crippen LogP contribution is -2.42. The Bertz CT molecular complexity index is 176. The van der Waals surface area contributed by atoms with E-state index in [1.807, 2.05) is 0 Å². The van der Waals surface area contributed by atoms with E-state index in [0.717, 1.165) is 19.4 Å². The average Bonchev–Trinajstić information content (AvgIpc) is 2.33. The normalized spacial score (nSPS) is 14.7. The van der Waals surface area contributed by atoms with Gasteiger partial charge in [0, 0.05) is 26.9 Å². The van der Waals surface area contributed by atoms with Gasteiger partial charge in [0.15, 0.2) is 0 Å². The Morgan fingerprint density at radius 3 is 2.50 bits per heavy atom. The van der Waals surface area contributed by atoms with Gasteiger partial charge in [0.25, 0.3) is 0 Å². The second kappa shape index (κ2) is 11.9. The molecule has 110 valence electrons. The highest BCUT2D eigenvalue weighted by molar-refractivity contribution is 4.74. The van der Waals surface area contributed by atoms with Crippen molar-refractivity contribution in [2.24, 2.45) is 0 Å². The van der Waals surface area contributed by atoms with Crippen molar-refractivity contribution < 1.29 is 19.3 Å². The summed E-state index contributed by atoms with van der Waals surface area (Å²) in [6.07, 6.45) is 1.90. The van der Waals surface area contributed by atoms with Gasteiger partial charge < -0.3 is 24.6 Å². The summed E-state index contributed by atoms with van der Waals surface area (Å²) < 4.78 is 15.6. The summed E-state index contributed by atoms with van der Waals surface area (Å²) in [6, 6.07) is 0. The molecule has 0 fully saturated rings. The number of hydrogen-bond acceptors (Lipinski definition) is 5. The predicted molar refractivity (Wildman–Crippen MR) is 71.9 cm³/mol. The van der Waals surface area contributed by atoms with Crippen LogP contribution in [-0.4, -0.2) is 63.9 Å². The molecule has 0 aliphatic carbocycles. The second-order valence-corrected chi connectivity index (χ2v) is 4.69. The summed E-state index contributed by atoms with van der Waals surface area (Å²) in [7, 11) is 1.65. The maximum absolute atomic E-state index is 9.98. The molecule has 0 rings (SSSR count). The van der Waals surface area contributed by atoms with Crippen LogP contribution in [0.1, 0.15) is 26.7 Å². The zero-order chi connectivity index (χ0) is 13.7. The highest BCUT2D eigenvalue weighted by Gasteiger charge is 2.19. The minimum absolute atomic E-state index is 0.349. The molecular formula is C13H29NO4. The van der Waals surface area contributed by atoms with E-state index in [-0.39, 0.29) is 0 Å². The molecule has 0 aliphatic rings. The molecule has 0 spiro atoms. The fourth-order valence-electron chi connectivity index (χ4n) is 1.38. The third kappa shape index (κ3) is 12.3. The number of methoxy groups -OCH3 is 1. The predicted octanol–water partition coefficient (Wildman–Crippen LogP) is 0.807. The van der Waals surface area contributed by atoms with Crippen LogP contribution in [0.2, 0.25) is 0 Å². The lowest BCUT2D eigenvalue weighted by atomic mass is 10.1. The summed E-state index contributed by atoms with van der Waals surface area (Å²) in [5, 5.41) is 13.2. The van der Waals surface area contributed by atoms with Gasteiger partial charge in [0.2, 0.25) is 0 Å².